The molecule has 88 valence electrons. The highest BCUT2D eigenvalue weighted by Gasteiger charge is 2.25. The molecular formula is C15H23N. The predicted octanol–water partition coefficient (Wildman–Crippen LogP) is 3.49. The maximum Gasteiger partial charge on any atom is -0.00147 e. The maximum atomic E-state index is 3.53. The van der Waals surface area contributed by atoms with Crippen molar-refractivity contribution in [3.05, 3.63) is 35.4 Å². The minimum Gasteiger partial charge on any atom is -0.316 e. The quantitative estimate of drug-likeness (QED) is 0.817. The number of rotatable bonds is 3. The van der Waals surface area contributed by atoms with Gasteiger partial charge in [0.05, 0.1) is 0 Å². The van der Waals surface area contributed by atoms with Gasteiger partial charge in [0.1, 0.15) is 0 Å². The molecule has 1 heterocycles. The van der Waals surface area contributed by atoms with E-state index in [1.54, 1.807) is 5.56 Å². The van der Waals surface area contributed by atoms with E-state index in [-0.39, 0.29) is 0 Å². The molecule has 0 amide bonds. The van der Waals surface area contributed by atoms with Crippen molar-refractivity contribution in [2.75, 3.05) is 13.1 Å². The molecule has 1 nitrogen and oxygen atoms in total. The van der Waals surface area contributed by atoms with Crippen molar-refractivity contribution < 1.29 is 0 Å². The number of hydrogen-bond donors (Lipinski definition) is 1. The third kappa shape index (κ3) is 2.65. The highest BCUT2D eigenvalue weighted by Crippen LogP contribution is 2.33. The van der Waals surface area contributed by atoms with Gasteiger partial charge >= 0.3 is 0 Å². The molecule has 1 heteroatoms. The topological polar surface area (TPSA) is 12.0 Å². The van der Waals surface area contributed by atoms with Gasteiger partial charge in [0, 0.05) is 0 Å². The second kappa shape index (κ2) is 5.49. The molecule has 0 aliphatic carbocycles. The predicted molar refractivity (Wildman–Crippen MR) is 69.8 cm³/mol. The summed E-state index contributed by atoms with van der Waals surface area (Å²) in [6, 6.07) is 9.08. The van der Waals surface area contributed by atoms with Crippen LogP contribution in [0.3, 0.4) is 0 Å². The first kappa shape index (κ1) is 11.7. The maximum absolute atomic E-state index is 3.53. The normalized spacial score (nSPS) is 25.6. The Bertz CT molecular complexity index is 330. The van der Waals surface area contributed by atoms with E-state index in [9.17, 15) is 0 Å². The first-order valence-corrected chi connectivity index (χ1v) is 6.58. The summed E-state index contributed by atoms with van der Waals surface area (Å²) in [5, 5.41) is 3.53. The van der Waals surface area contributed by atoms with Crippen molar-refractivity contribution in [2.24, 2.45) is 5.92 Å². The van der Waals surface area contributed by atoms with Crippen molar-refractivity contribution in [1.29, 1.82) is 0 Å². The van der Waals surface area contributed by atoms with Gasteiger partial charge in [-0.05, 0) is 50.3 Å². The number of piperidine rings is 1. The molecule has 1 saturated heterocycles. The van der Waals surface area contributed by atoms with Crippen LogP contribution in [0.1, 0.15) is 43.2 Å². The first-order valence-electron chi connectivity index (χ1n) is 6.58. The van der Waals surface area contributed by atoms with E-state index in [0.29, 0.717) is 0 Å². The Hall–Kier alpha value is -0.820. The Kier molecular flexibility index (Phi) is 4.00. The SMILES string of the molecule is CCCC1CNCCC1c1cccc(C)c1. The molecular weight excluding hydrogens is 194 g/mol. The zero-order valence-corrected chi connectivity index (χ0v) is 10.5. The molecule has 1 aromatic rings. The first-order chi connectivity index (χ1) is 7.81. The van der Waals surface area contributed by atoms with Crippen molar-refractivity contribution >= 4 is 0 Å². The van der Waals surface area contributed by atoms with Crippen LogP contribution in [0.2, 0.25) is 0 Å². The molecule has 0 radical (unpaired) electrons. The summed E-state index contributed by atoms with van der Waals surface area (Å²) in [4.78, 5) is 0. The number of aryl methyl sites for hydroxylation is 1. The lowest BCUT2D eigenvalue weighted by atomic mass is 9.78. The Labute approximate surface area is 99.3 Å². The van der Waals surface area contributed by atoms with E-state index in [2.05, 4.69) is 43.4 Å². The van der Waals surface area contributed by atoms with E-state index in [1.165, 1.54) is 37.9 Å². The minimum atomic E-state index is 0.779. The van der Waals surface area contributed by atoms with Gasteiger partial charge in [-0.3, -0.25) is 0 Å². The van der Waals surface area contributed by atoms with Crippen LogP contribution in [0.25, 0.3) is 0 Å². The summed E-state index contributed by atoms with van der Waals surface area (Å²) in [6.07, 6.45) is 3.95. The fourth-order valence-corrected chi connectivity index (χ4v) is 2.94. The highest BCUT2D eigenvalue weighted by atomic mass is 14.9. The van der Waals surface area contributed by atoms with Crippen molar-refractivity contribution in [3.63, 3.8) is 0 Å². The van der Waals surface area contributed by atoms with Crippen molar-refractivity contribution in [1.82, 2.24) is 5.32 Å². The third-order valence-electron chi connectivity index (χ3n) is 3.74. The average molecular weight is 217 g/mol. The number of nitrogens with one attached hydrogen (secondary N) is 1. The Morgan fingerprint density at radius 2 is 2.25 bits per heavy atom. The van der Waals surface area contributed by atoms with Crippen LogP contribution < -0.4 is 5.32 Å². The average Bonchev–Trinajstić information content (AvgIpc) is 2.30. The minimum absolute atomic E-state index is 0.779. The van der Waals surface area contributed by atoms with Crippen molar-refractivity contribution in [3.8, 4) is 0 Å². The van der Waals surface area contributed by atoms with Crippen LogP contribution in [-0.2, 0) is 0 Å². The summed E-state index contributed by atoms with van der Waals surface area (Å²) >= 11 is 0. The van der Waals surface area contributed by atoms with Gasteiger partial charge in [0.2, 0.25) is 0 Å². The molecule has 2 rings (SSSR count). The molecule has 0 spiro atoms. The molecule has 0 bridgehead atoms. The molecule has 1 aromatic carbocycles. The lowest BCUT2D eigenvalue weighted by Crippen LogP contribution is -2.35. The van der Waals surface area contributed by atoms with E-state index >= 15 is 0 Å². The fraction of sp³-hybridized carbons (Fsp3) is 0.600. The Morgan fingerprint density at radius 1 is 1.38 bits per heavy atom. The number of benzene rings is 1. The van der Waals surface area contributed by atoms with E-state index in [0.717, 1.165) is 11.8 Å². The van der Waals surface area contributed by atoms with Crippen LogP contribution in [-0.4, -0.2) is 13.1 Å². The third-order valence-corrected chi connectivity index (χ3v) is 3.74. The Morgan fingerprint density at radius 3 is 3.00 bits per heavy atom. The van der Waals surface area contributed by atoms with E-state index < -0.39 is 0 Å². The molecule has 1 fully saturated rings. The monoisotopic (exact) mass is 217 g/mol. The summed E-state index contributed by atoms with van der Waals surface area (Å²) in [6.45, 7) is 6.87. The highest BCUT2D eigenvalue weighted by molar-refractivity contribution is 5.26. The van der Waals surface area contributed by atoms with Gasteiger partial charge in [0.25, 0.3) is 0 Å². The van der Waals surface area contributed by atoms with Gasteiger partial charge in [-0.25, -0.2) is 0 Å². The van der Waals surface area contributed by atoms with Gasteiger partial charge in [-0.2, -0.15) is 0 Å². The van der Waals surface area contributed by atoms with E-state index in [4.69, 9.17) is 0 Å². The fourth-order valence-electron chi connectivity index (χ4n) is 2.94. The van der Waals surface area contributed by atoms with Crippen molar-refractivity contribution in [2.45, 2.75) is 39.0 Å². The van der Waals surface area contributed by atoms with E-state index in [1.807, 2.05) is 0 Å². The lowest BCUT2D eigenvalue weighted by molar-refractivity contribution is 0.306. The zero-order chi connectivity index (χ0) is 11.4. The largest absolute Gasteiger partial charge is 0.316 e. The molecule has 16 heavy (non-hydrogen) atoms. The summed E-state index contributed by atoms with van der Waals surface area (Å²) in [5.74, 6) is 1.61. The van der Waals surface area contributed by atoms with Crippen LogP contribution in [0.15, 0.2) is 24.3 Å². The summed E-state index contributed by atoms with van der Waals surface area (Å²) in [7, 11) is 0. The van der Waals surface area contributed by atoms with Crippen LogP contribution in [0.5, 0.6) is 0 Å². The van der Waals surface area contributed by atoms with Crippen LogP contribution in [0, 0.1) is 12.8 Å². The standard InChI is InChI=1S/C15H23N/c1-3-5-14-11-16-9-8-15(14)13-7-4-6-12(2)10-13/h4,6-7,10,14-16H,3,5,8-9,11H2,1-2H3. The molecule has 0 aromatic heterocycles. The number of hydrogen-bond acceptors (Lipinski definition) is 1. The second-order valence-corrected chi connectivity index (χ2v) is 5.06. The molecule has 1 aliphatic heterocycles. The molecule has 1 N–H and O–H groups in total. The van der Waals surface area contributed by atoms with Gasteiger partial charge in [-0.15, -0.1) is 0 Å². The van der Waals surface area contributed by atoms with Crippen LogP contribution in [0.4, 0.5) is 0 Å². The molecule has 1 aliphatic rings. The van der Waals surface area contributed by atoms with Gasteiger partial charge in [0.15, 0.2) is 0 Å². The molecule has 2 unspecified atom stereocenters. The zero-order valence-electron chi connectivity index (χ0n) is 10.5. The summed E-state index contributed by atoms with van der Waals surface area (Å²) in [5.41, 5.74) is 2.95. The summed E-state index contributed by atoms with van der Waals surface area (Å²) < 4.78 is 0. The smallest absolute Gasteiger partial charge is 0.00147 e. The van der Waals surface area contributed by atoms with Gasteiger partial charge in [-0.1, -0.05) is 43.2 Å². The Balaban J connectivity index is 2.16. The lowest BCUT2D eigenvalue weighted by Gasteiger charge is -2.32. The van der Waals surface area contributed by atoms with Crippen LogP contribution >= 0.6 is 0 Å². The second-order valence-electron chi connectivity index (χ2n) is 5.06. The molecule has 0 saturated carbocycles. The van der Waals surface area contributed by atoms with Gasteiger partial charge < -0.3 is 5.32 Å². The molecule has 2 atom stereocenters.